The monoisotopic (exact) mass is 216 g/mol. The Kier molecular flexibility index (Phi) is 2.31. The van der Waals surface area contributed by atoms with E-state index in [0.717, 1.165) is 30.9 Å². The summed E-state index contributed by atoms with van der Waals surface area (Å²) >= 11 is 0. The quantitative estimate of drug-likeness (QED) is 0.772. The number of nitrogens with zero attached hydrogens (tertiary/aromatic N) is 2. The second-order valence-corrected chi connectivity index (χ2v) is 4.49. The Morgan fingerprint density at radius 3 is 3.00 bits per heavy atom. The second-order valence-electron chi connectivity index (χ2n) is 4.49. The molecule has 2 heterocycles. The van der Waals surface area contributed by atoms with E-state index >= 15 is 0 Å². The Morgan fingerprint density at radius 1 is 1.31 bits per heavy atom. The van der Waals surface area contributed by atoms with Gasteiger partial charge in [0.2, 0.25) is 0 Å². The average molecular weight is 216 g/mol. The molecule has 0 atom stereocenters. The average Bonchev–Trinajstić information content (AvgIpc) is 2.87. The van der Waals surface area contributed by atoms with Gasteiger partial charge in [0.15, 0.2) is 0 Å². The molecule has 1 aliphatic rings. The summed E-state index contributed by atoms with van der Waals surface area (Å²) < 4.78 is 7.83. The fourth-order valence-electron chi connectivity index (χ4n) is 2.41. The van der Waals surface area contributed by atoms with Crippen molar-refractivity contribution in [1.29, 1.82) is 0 Å². The van der Waals surface area contributed by atoms with Crippen molar-refractivity contribution in [3.8, 4) is 0 Å². The van der Waals surface area contributed by atoms with Crippen molar-refractivity contribution in [2.75, 3.05) is 0 Å². The number of hydrogen-bond acceptors (Lipinski definition) is 2. The number of rotatable bonds is 2. The molecular weight excluding hydrogens is 200 g/mol. The molecule has 84 valence electrons. The zero-order valence-electron chi connectivity index (χ0n) is 9.57. The minimum Gasteiger partial charge on any atom is -0.464 e. The molecule has 0 radical (unpaired) electrons. The molecule has 2 aromatic rings. The molecule has 0 aromatic carbocycles. The van der Waals surface area contributed by atoms with Crippen molar-refractivity contribution in [2.24, 2.45) is 0 Å². The Bertz CT molecular complexity index is 496. The lowest BCUT2D eigenvalue weighted by Gasteiger charge is -2.13. The van der Waals surface area contributed by atoms with Crippen LogP contribution in [0.3, 0.4) is 0 Å². The lowest BCUT2D eigenvalue weighted by molar-refractivity contribution is 0.465. The van der Waals surface area contributed by atoms with Crippen molar-refractivity contribution in [3.05, 3.63) is 41.4 Å². The van der Waals surface area contributed by atoms with Crippen molar-refractivity contribution < 1.29 is 4.42 Å². The van der Waals surface area contributed by atoms with Crippen LogP contribution in [0.2, 0.25) is 0 Å². The molecular formula is C13H16N2O. The van der Waals surface area contributed by atoms with Gasteiger partial charge in [0.1, 0.15) is 11.5 Å². The summed E-state index contributed by atoms with van der Waals surface area (Å²) in [6.45, 7) is 2.79. The van der Waals surface area contributed by atoms with Crippen molar-refractivity contribution in [3.63, 3.8) is 0 Å². The van der Waals surface area contributed by atoms with Gasteiger partial charge in [-0.2, -0.15) is 0 Å². The van der Waals surface area contributed by atoms with E-state index in [1.54, 1.807) is 0 Å². The maximum atomic E-state index is 5.60. The highest BCUT2D eigenvalue weighted by molar-refractivity contribution is 5.18. The number of aromatic nitrogens is 2. The number of fused-ring (bicyclic) bond motifs is 1. The summed E-state index contributed by atoms with van der Waals surface area (Å²) in [4.78, 5) is 4.48. The zero-order chi connectivity index (χ0) is 11.0. The normalized spacial score (nSPS) is 15.1. The summed E-state index contributed by atoms with van der Waals surface area (Å²) in [5.41, 5.74) is 2.69. The fraction of sp³-hybridized carbons (Fsp3) is 0.462. The van der Waals surface area contributed by atoms with Crippen LogP contribution in [0.4, 0.5) is 0 Å². The van der Waals surface area contributed by atoms with E-state index in [2.05, 4.69) is 9.55 Å². The molecule has 0 saturated carbocycles. The molecule has 0 unspecified atom stereocenters. The first-order valence-electron chi connectivity index (χ1n) is 5.91. The molecule has 0 amide bonds. The highest BCUT2D eigenvalue weighted by atomic mass is 16.3. The summed E-state index contributed by atoms with van der Waals surface area (Å²) in [6.07, 6.45) is 6.82. The smallest absolute Gasteiger partial charge is 0.123 e. The predicted octanol–water partition coefficient (Wildman–Crippen LogP) is 2.71. The van der Waals surface area contributed by atoms with Crippen LogP contribution in [-0.4, -0.2) is 9.55 Å². The first kappa shape index (κ1) is 9.70. The number of aryl methyl sites for hydroxylation is 2. The minimum absolute atomic E-state index is 0.816. The molecule has 16 heavy (non-hydrogen) atoms. The second kappa shape index (κ2) is 3.81. The van der Waals surface area contributed by atoms with E-state index in [1.807, 2.05) is 25.4 Å². The fourth-order valence-corrected chi connectivity index (χ4v) is 2.41. The first-order chi connectivity index (χ1) is 7.83. The third-order valence-electron chi connectivity index (χ3n) is 3.23. The van der Waals surface area contributed by atoms with Gasteiger partial charge in [-0.05, 0) is 44.7 Å². The summed E-state index contributed by atoms with van der Waals surface area (Å²) in [7, 11) is 0. The van der Waals surface area contributed by atoms with Gasteiger partial charge in [0.05, 0.1) is 18.6 Å². The van der Waals surface area contributed by atoms with Crippen LogP contribution < -0.4 is 0 Å². The van der Waals surface area contributed by atoms with E-state index in [1.165, 1.54) is 24.2 Å². The van der Waals surface area contributed by atoms with E-state index < -0.39 is 0 Å². The summed E-state index contributed by atoms with van der Waals surface area (Å²) in [6, 6.07) is 4.06. The minimum atomic E-state index is 0.816. The molecule has 0 N–H and O–H groups in total. The van der Waals surface area contributed by atoms with Crippen LogP contribution in [0.25, 0.3) is 0 Å². The van der Waals surface area contributed by atoms with Crippen LogP contribution >= 0.6 is 0 Å². The van der Waals surface area contributed by atoms with Crippen LogP contribution in [-0.2, 0) is 19.4 Å². The Labute approximate surface area is 95.1 Å². The lowest BCUT2D eigenvalue weighted by Crippen LogP contribution is -2.08. The molecule has 2 aromatic heterocycles. The molecule has 0 saturated heterocycles. The van der Waals surface area contributed by atoms with Gasteiger partial charge in [-0.3, -0.25) is 0 Å². The van der Waals surface area contributed by atoms with E-state index in [0.29, 0.717) is 0 Å². The first-order valence-corrected chi connectivity index (χ1v) is 5.91. The maximum absolute atomic E-state index is 5.60. The number of imidazole rings is 1. The molecule has 0 spiro atoms. The van der Waals surface area contributed by atoms with E-state index in [9.17, 15) is 0 Å². The van der Waals surface area contributed by atoms with E-state index in [-0.39, 0.29) is 0 Å². The molecule has 3 heteroatoms. The number of furan rings is 1. The van der Waals surface area contributed by atoms with Crippen LogP contribution in [0.1, 0.15) is 35.7 Å². The highest BCUT2D eigenvalue weighted by Gasteiger charge is 2.15. The Hall–Kier alpha value is -1.51. The van der Waals surface area contributed by atoms with Gasteiger partial charge in [-0.25, -0.2) is 4.98 Å². The third-order valence-corrected chi connectivity index (χ3v) is 3.23. The Balaban J connectivity index is 1.87. The summed E-state index contributed by atoms with van der Waals surface area (Å²) in [5, 5.41) is 0. The zero-order valence-corrected chi connectivity index (χ0v) is 9.57. The van der Waals surface area contributed by atoms with Crippen LogP contribution in [0.15, 0.2) is 22.9 Å². The van der Waals surface area contributed by atoms with Crippen LogP contribution in [0.5, 0.6) is 0 Å². The molecule has 0 fully saturated rings. The maximum Gasteiger partial charge on any atom is 0.123 e. The largest absolute Gasteiger partial charge is 0.464 e. The standard InChI is InChI=1S/C13H16N2O/c1-10-6-7-11(16-10)8-15-9-14-12-4-2-3-5-13(12)15/h6-7,9H,2-5,8H2,1H3. The van der Waals surface area contributed by atoms with E-state index in [4.69, 9.17) is 4.42 Å². The molecule has 1 aliphatic carbocycles. The topological polar surface area (TPSA) is 31.0 Å². The highest BCUT2D eigenvalue weighted by Crippen LogP contribution is 2.21. The van der Waals surface area contributed by atoms with Gasteiger partial charge >= 0.3 is 0 Å². The SMILES string of the molecule is Cc1ccc(Cn2cnc3c2CCCC3)o1. The van der Waals surface area contributed by atoms with Gasteiger partial charge in [-0.1, -0.05) is 0 Å². The molecule has 0 aliphatic heterocycles. The molecule has 0 bridgehead atoms. The Morgan fingerprint density at radius 2 is 2.19 bits per heavy atom. The van der Waals surface area contributed by atoms with Gasteiger partial charge in [-0.15, -0.1) is 0 Å². The van der Waals surface area contributed by atoms with Crippen LogP contribution in [0, 0.1) is 6.92 Å². The van der Waals surface area contributed by atoms with Crippen molar-refractivity contribution >= 4 is 0 Å². The van der Waals surface area contributed by atoms with Crippen molar-refractivity contribution in [1.82, 2.24) is 9.55 Å². The van der Waals surface area contributed by atoms with Gasteiger partial charge in [0.25, 0.3) is 0 Å². The third kappa shape index (κ3) is 1.66. The predicted molar refractivity (Wildman–Crippen MR) is 61.4 cm³/mol. The molecule has 3 nitrogen and oxygen atoms in total. The van der Waals surface area contributed by atoms with Crippen molar-refractivity contribution in [2.45, 2.75) is 39.2 Å². The lowest BCUT2D eigenvalue weighted by atomic mass is 10.0. The molecule has 3 rings (SSSR count). The van der Waals surface area contributed by atoms with Gasteiger partial charge < -0.3 is 8.98 Å². The number of hydrogen-bond donors (Lipinski definition) is 0. The van der Waals surface area contributed by atoms with Gasteiger partial charge in [0, 0.05) is 5.69 Å². The summed E-state index contributed by atoms with van der Waals surface area (Å²) in [5.74, 6) is 1.99.